The molecule has 1 saturated heterocycles. The van der Waals surface area contributed by atoms with Gasteiger partial charge < -0.3 is 19.5 Å². The average Bonchev–Trinajstić information content (AvgIpc) is 3.02. The molecule has 3 N–H and O–H groups in total. The van der Waals surface area contributed by atoms with Gasteiger partial charge in [0.1, 0.15) is 18.5 Å². The van der Waals surface area contributed by atoms with Crippen molar-refractivity contribution in [3.05, 3.63) is 61.9 Å². The zero-order valence-electron chi connectivity index (χ0n) is 16.3. The molecule has 3 heterocycles. The molecule has 13 heteroatoms. The second-order valence-electron chi connectivity index (χ2n) is 7.29. The van der Waals surface area contributed by atoms with Crippen LogP contribution in [0.3, 0.4) is 0 Å². The van der Waals surface area contributed by atoms with Crippen LogP contribution in [-0.4, -0.2) is 38.3 Å². The lowest BCUT2D eigenvalue weighted by Crippen LogP contribution is -2.37. The van der Waals surface area contributed by atoms with Crippen molar-refractivity contribution in [1.29, 1.82) is 0 Å². The molecule has 1 aromatic heterocycles. The number of H-pyrrole nitrogens is 1. The molecule has 31 heavy (non-hydrogen) atoms. The van der Waals surface area contributed by atoms with E-state index in [1.54, 1.807) is 25.1 Å². The van der Waals surface area contributed by atoms with Gasteiger partial charge in [-0.1, -0.05) is 18.2 Å². The Balaban J connectivity index is 1.49. The number of benzene rings is 1. The number of aliphatic hydroxyl groups is 2. The predicted molar refractivity (Wildman–Crippen MR) is 102 cm³/mol. The number of ether oxygens (including phenoxy) is 1. The highest BCUT2D eigenvalue weighted by Gasteiger charge is 2.50. The first kappa shape index (κ1) is 21.9. The first-order valence-electron chi connectivity index (χ1n) is 9.30. The number of hydrogen-bond donors (Lipinski definition) is 3. The van der Waals surface area contributed by atoms with Crippen LogP contribution in [0.2, 0.25) is 0 Å². The third kappa shape index (κ3) is 4.22. The summed E-state index contributed by atoms with van der Waals surface area (Å²) in [5.41, 5.74) is -0.592. The smallest absolute Gasteiger partial charge is 0.403 e. The van der Waals surface area contributed by atoms with Gasteiger partial charge in [0.25, 0.3) is 5.56 Å². The van der Waals surface area contributed by atoms with Gasteiger partial charge in [-0.15, -0.1) is 0 Å². The van der Waals surface area contributed by atoms with E-state index in [4.69, 9.17) is 18.3 Å². The number of hydrogen-bond acceptors (Lipinski definition) is 9. The quantitative estimate of drug-likeness (QED) is 0.558. The predicted octanol–water partition coefficient (Wildman–Crippen LogP) is 1.02. The van der Waals surface area contributed by atoms with E-state index in [1.807, 2.05) is 4.98 Å². The van der Waals surface area contributed by atoms with Crippen LogP contribution < -0.4 is 15.8 Å². The minimum Gasteiger partial charge on any atom is -0.403 e. The van der Waals surface area contributed by atoms with Crippen molar-refractivity contribution in [2.75, 3.05) is 6.61 Å². The summed E-state index contributed by atoms with van der Waals surface area (Å²) in [4.78, 5) is 25.6. The molecule has 2 aliphatic rings. The molecule has 4 atom stereocenters. The highest BCUT2D eigenvalue weighted by atomic mass is 31.2. The standard InChI is InChI=1S/C18H20FN2O9P/c1-10-3-2-4-11-8-27-31(26,30-14(10)11)28-9-18(19)5-13(23)16(29-18)21-6-12(7-22)15(24)20-17(21)25/h2-4,6,13,16,22-23H,5,7-9H2,1H3,(H,20,24,25)/t13-,16-,18+,31?/m1/s1. The van der Waals surface area contributed by atoms with Crippen molar-refractivity contribution >= 4 is 7.82 Å². The van der Waals surface area contributed by atoms with E-state index in [-0.39, 0.29) is 12.2 Å². The van der Waals surface area contributed by atoms with Crippen molar-refractivity contribution in [2.45, 2.75) is 44.7 Å². The van der Waals surface area contributed by atoms with Crippen LogP contribution in [0.25, 0.3) is 0 Å². The van der Waals surface area contributed by atoms with Gasteiger partial charge in [0.15, 0.2) is 6.23 Å². The van der Waals surface area contributed by atoms with Crippen LogP contribution in [0.15, 0.2) is 34.0 Å². The minimum absolute atomic E-state index is 0.0591. The summed E-state index contributed by atoms with van der Waals surface area (Å²) in [6.07, 6.45) is -2.66. The van der Waals surface area contributed by atoms with Gasteiger partial charge in [-0.05, 0) is 12.5 Å². The van der Waals surface area contributed by atoms with Gasteiger partial charge >= 0.3 is 13.5 Å². The Morgan fingerprint density at radius 1 is 1.42 bits per heavy atom. The number of fused-ring (bicyclic) bond motifs is 1. The molecular weight excluding hydrogens is 438 g/mol. The van der Waals surface area contributed by atoms with Crippen LogP contribution in [0, 0.1) is 6.92 Å². The number of aromatic amines is 1. The summed E-state index contributed by atoms with van der Waals surface area (Å²) < 4.78 is 49.6. The Hall–Kier alpha value is -2.34. The number of nitrogens with one attached hydrogen (secondary N) is 1. The average molecular weight is 458 g/mol. The zero-order chi connectivity index (χ0) is 22.4. The van der Waals surface area contributed by atoms with E-state index < -0.39 is 56.9 Å². The van der Waals surface area contributed by atoms with Crippen LogP contribution >= 0.6 is 7.82 Å². The van der Waals surface area contributed by atoms with Crippen molar-refractivity contribution in [2.24, 2.45) is 0 Å². The lowest BCUT2D eigenvalue weighted by molar-refractivity contribution is -0.179. The molecular formula is C18H20FN2O9P. The van der Waals surface area contributed by atoms with Crippen LogP contribution in [0.4, 0.5) is 4.39 Å². The van der Waals surface area contributed by atoms with E-state index in [2.05, 4.69) is 0 Å². The lowest BCUT2D eigenvalue weighted by Gasteiger charge is -2.28. The van der Waals surface area contributed by atoms with Crippen LogP contribution in [0.1, 0.15) is 29.3 Å². The number of phosphoric acid groups is 1. The molecule has 0 bridgehead atoms. The number of aliphatic hydroxyl groups excluding tert-OH is 2. The van der Waals surface area contributed by atoms with E-state index in [0.717, 1.165) is 10.8 Å². The summed E-state index contributed by atoms with van der Waals surface area (Å²) >= 11 is 0. The van der Waals surface area contributed by atoms with Crippen molar-refractivity contribution in [1.82, 2.24) is 9.55 Å². The first-order chi connectivity index (χ1) is 14.6. The van der Waals surface area contributed by atoms with E-state index >= 15 is 4.39 Å². The molecule has 168 valence electrons. The Kier molecular flexibility index (Phi) is 5.63. The van der Waals surface area contributed by atoms with Crippen LogP contribution in [0.5, 0.6) is 5.75 Å². The van der Waals surface area contributed by atoms with E-state index in [1.165, 1.54) is 0 Å². The third-order valence-corrected chi connectivity index (χ3v) is 6.27. The number of rotatable bonds is 5. The van der Waals surface area contributed by atoms with Crippen molar-refractivity contribution in [3.63, 3.8) is 0 Å². The van der Waals surface area contributed by atoms with Gasteiger partial charge in [-0.25, -0.2) is 13.8 Å². The third-order valence-electron chi connectivity index (χ3n) is 4.97. The topological polar surface area (TPSA) is 149 Å². The summed E-state index contributed by atoms with van der Waals surface area (Å²) in [7, 11) is -4.16. The van der Waals surface area contributed by atoms with Gasteiger partial charge in [0, 0.05) is 18.2 Å². The first-order valence-corrected chi connectivity index (χ1v) is 10.8. The summed E-state index contributed by atoms with van der Waals surface area (Å²) in [5, 5.41) is 19.4. The minimum atomic E-state index is -4.16. The molecule has 1 unspecified atom stereocenters. The molecule has 1 fully saturated rings. The maximum atomic E-state index is 15.2. The Morgan fingerprint density at radius 3 is 2.94 bits per heavy atom. The number of para-hydroxylation sites is 1. The normalized spacial score (nSPS) is 30.1. The van der Waals surface area contributed by atoms with E-state index in [9.17, 15) is 24.4 Å². The number of halogens is 1. The van der Waals surface area contributed by atoms with Gasteiger partial charge in [0.05, 0.1) is 18.8 Å². The highest BCUT2D eigenvalue weighted by Crippen LogP contribution is 2.56. The molecule has 0 aliphatic carbocycles. The fourth-order valence-corrected chi connectivity index (χ4v) is 4.72. The Bertz CT molecular complexity index is 1170. The zero-order valence-corrected chi connectivity index (χ0v) is 17.2. The SMILES string of the molecule is Cc1cccc2c1OP(=O)(OC[C@]1(F)C[C@@H](O)[C@H](n3cc(CO)c(=O)[nH]c3=O)O1)OC2. The highest BCUT2D eigenvalue weighted by molar-refractivity contribution is 7.49. The molecule has 11 nitrogen and oxygen atoms in total. The molecule has 2 aromatic rings. The Morgan fingerprint density at radius 2 is 2.19 bits per heavy atom. The summed E-state index contributed by atoms with van der Waals surface area (Å²) in [5.74, 6) is -2.30. The second kappa shape index (κ2) is 7.97. The Labute approximate surface area is 174 Å². The number of alkyl halides is 1. The molecule has 0 spiro atoms. The number of nitrogens with zero attached hydrogens (tertiary/aromatic N) is 1. The summed E-state index contributed by atoms with van der Waals surface area (Å²) in [6.45, 7) is 0.0935. The number of aromatic nitrogens is 2. The van der Waals surface area contributed by atoms with Gasteiger partial charge in [-0.2, -0.15) is 0 Å². The molecule has 4 rings (SSSR count). The molecule has 0 saturated carbocycles. The fourth-order valence-electron chi connectivity index (χ4n) is 3.40. The van der Waals surface area contributed by atoms with Crippen molar-refractivity contribution < 1.29 is 37.5 Å². The lowest BCUT2D eigenvalue weighted by atomic mass is 10.1. The van der Waals surface area contributed by atoms with Crippen molar-refractivity contribution in [3.8, 4) is 5.75 Å². The maximum Gasteiger partial charge on any atom is 0.530 e. The van der Waals surface area contributed by atoms with Gasteiger partial charge in [0.2, 0.25) is 5.85 Å². The molecule has 2 aliphatic heterocycles. The maximum absolute atomic E-state index is 15.2. The molecule has 0 amide bonds. The molecule has 0 radical (unpaired) electrons. The number of aryl methyl sites for hydroxylation is 1. The van der Waals surface area contributed by atoms with Crippen LogP contribution in [-0.2, 0) is 31.6 Å². The second-order valence-corrected chi connectivity index (χ2v) is 8.88. The molecule has 1 aromatic carbocycles. The van der Waals surface area contributed by atoms with Gasteiger partial charge in [-0.3, -0.25) is 23.4 Å². The number of phosphoric ester groups is 1. The largest absolute Gasteiger partial charge is 0.530 e. The fraction of sp³-hybridized carbons (Fsp3) is 0.444. The monoisotopic (exact) mass is 458 g/mol. The van der Waals surface area contributed by atoms with E-state index in [0.29, 0.717) is 16.9 Å². The summed E-state index contributed by atoms with van der Waals surface area (Å²) in [6, 6.07) is 5.25.